The topological polar surface area (TPSA) is 50.9 Å². The fourth-order valence-electron chi connectivity index (χ4n) is 1.96. The molecule has 0 saturated heterocycles. The van der Waals surface area contributed by atoms with Gasteiger partial charge in [-0.3, -0.25) is 4.98 Å². The van der Waals surface area contributed by atoms with Gasteiger partial charge >= 0.3 is 0 Å². The summed E-state index contributed by atoms with van der Waals surface area (Å²) in [4.78, 5) is 3.98. The molecule has 3 nitrogen and oxygen atoms in total. The summed E-state index contributed by atoms with van der Waals surface area (Å²) >= 11 is 3.40. The van der Waals surface area contributed by atoms with Crippen LogP contribution in [0.5, 0.6) is 0 Å². The summed E-state index contributed by atoms with van der Waals surface area (Å²) in [5, 5.41) is 3.24. The van der Waals surface area contributed by atoms with Crippen molar-refractivity contribution in [2.75, 3.05) is 11.1 Å². The van der Waals surface area contributed by atoms with Gasteiger partial charge in [0, 0.05) is 12.7 Å². The van der Waals surface area contributed by atoms with Crippen molar-refractivity contribution in [3.8, 4) is 0 Å². The number of nitrogen functional groups attached to an aromatic ring is 1. The van der Waals surface area contributed by atoms with E-state index in [9.17, 15) is 4.39 Å². The van der Waals surface area contributed by atoms with Crippen LogP contribution in [0, 0.1) is 19.7 Å². The van der Waals surface area contributed by atoms with Gasteiger partial charge in [0.25, 0.3) is 0 Å². The molecule has 5 heteroatoms. The highest BCUT2D eigenvalue weighted by molar-refractivity contribution is 9.10. The molecular weight excluding hydrogens is 309 g/mol. The monoisotopic (exact) mass is 323 g/mol. The van der Waals surface area contributed by atoms with Gasteiger partial charge in [0.15, 0.2) is 0 Å². The molecule has 19 heavy (non-hydrogen) atoms. The fraction of sp³-hybridized carbons (Fsp3) is 0.214. The molecule has 100 valence electrons. The quantitative estimate of drug-likeness (QED) is 0.903. The maximum atomic E-state index is 13.5. The van der Waals surface area contributed by atoms with E-state index >= 15 is 0 Å². The summed E-state index contributed by atoms with van der Waals surface area (Å²) in [6.07, 6.45) is 3.27. The first-order chi connectivity index (χ1) is 8.99. The van der Waals surface area contributed by atoms with Crippen molar-refractivity contribution in [3.05, 3.63) is 51.5 Å². The average molecular weight is 324 g/mol. The van der Waals surface area contributed by atoms with E-state index in [0.717, 1.165) is 15.7 Å². The van der Waals surface area contributed by atoms with Crippen molar-refractivity contribution >= 4 is 27.3 Å². The van der Waals surface area contributed by atoms with E-state index in [0.29, 0.717) is 23.4 Å². The third kappa shape index (κ3) is 3.04. The minimum absolute atomic E-state index is 0.145. The Kier molecular flexibility index (Phi) is 4.04. The molecule has 2 aromatic rings. The van der Waals surface area contributed by atoms with E-state index in [1.165, 1.54) is 0 Å². The third-order valence-corrected chi connectivity index (χ3v) is 3.50. The van der Waals surface area contributed by atoms with Crippen LogP contribution in [0.3, 0.4) is 0 Å². The van der Waals surface area contributed by atoms with Crippen LogP contribution in [0.4, 0.5) is 15.8 Å². The van der Waals surface area contributed by atoms with Crippen LogP contribution >= 0.6 is 15.9 Å². The second-order valence-electron chi connectivity index (χ2n) is 4.48. The maximum Gasteiger partial charge on any atom is 0.129 e. The van der Waals surface area contributed by atoms with Crippen molar-refractivity contribution in [2.24, 2.45) is 0 Å². The Morgan fingerprint density at radius 1 is 1.26 bits per heavy atom. The van der Waals surface area contributed by atoms with E-state index in [1.807, 2.05) is 12.1 Å². The van der Waals surface area contributed by atoms with Crippen LogP contribution < -0.4 is 11.1 Å². The van der Waals surface area contributed by atoms with Crippen molar-refractivity contribution in [2.45, 2.75) is 20.4 Å². The molecule has 0 amide bonds. The molecule has 2 rings (SSSR count). The Morgan fingerprint density at radius 3 is 2.47 bits per heavy atom. The minimum Gasteiger partial charge on any atom is -0.396 e. The number of anilines is 2. The summed E-state index contributed by atoms with van der Waals surface area (Å²) in [5.41, 5.74) is 9.55. The number of rotatable bonds is 3. The molecule has 1 aromatic carbocycles. The number of halogens is 2. The summed E-state index contributed by atoms with van der Waals surface area (Å²) in [6.45, 7) is 4.11. The Balaban J connectivity index is 2.19. The zero-order valence-electron chi connectivity index (χ0n) is 10.8. The molecule has 0 aliphatic carbocycles. The number of nitrogens with zero attached hydrogens (tertiary/aromatic N) is 1. The fourth-order valence-corrected chi connectivity index (χ4v) is 2.45. The first-order valence-corrected chi connectivity index (χ1v) is 6.67. The molecular formula is C14H15BrFN3. The largest absolute Gasteiger partial charge is 0.396 e. The first kappa shape index (κ1) is 13.8. The number of nitrogens with one attached hydrogen (secondary N) is 1. The molecule has 0 spiro atoms. The number of hydrogen-bond donors (Lipinski definition) is 2. The van der Waals surface area contributed by atoms with Crippen molar-refractivity contribution in [3.63, 3.8) is 0 Å². The summed E-state index contributed by atoms with van der Waals surface area (Å²) in [6, 6.07) is 3.67. The van der Waals surface area contributed by atoms with Crippen LogP contribution in [0.15, 0.2) is 29.0 Å². The number of benzene rings is 1. The lowest BCUT2D eigenvalue weighted by molar-refractivity contribution is 0.608. The second kappa shape index (κ2) is 5.57. The van der Waals surface area contributed by atoms with E-state index in [2.05, 4.69) is 26.2 Å². The highest BCUT2D eigenvalue weighted by Crippen LogP contribution is 2.27. The second-order valence-corrected chi connectivity index (χ2v) is 5.34. The molecule has 0 fully saturated rings. The molecule has 0 atom stereocenters. The minimum atomic E-state index is -0.145. The van der Waals surface area contributed by atoms with Gasteiger partial charge in [-0.1, -0.05) is 12.1 Å². The number of pyridine rings is 1. The molecule has 1 heterocycles. The lowest BCUT2D eigenvalue weighted by atomic mass is 10.1. The summed E-state index contributed by atoms with van der Waals surface area (Å²) in [7, 11) is 0. The lowest BCUT2D eigenvalue weighted by Gasteiger charge is -2.12. The zero-order chi connectivity index (χ0) is 14.0. The van der Waals surface area contributed by atoms with Gasteiger partial charge in [0.1, 0.15) is 5.82 Å². The normalized spacial score (nSPS) is 10.5. The van der Waals surface area contributed by atoms with Gasteiger partial charge in [0.05, 0.1) is 22.0 Å². The summed E-state index contributed by atoms with van der Waals surface area (Å²) in [5.74, 6) is -0.145. The number of nitrogens with two attached hydrogens (primary N) is 1. The smallest absolute Gasteiger partial charge is 0.129 e. The SMILES string of the molecule is Cc1cc(CNc2c(N)cncc2Br)cc(C)c1F. The van der Waals surface area contributed by atoms with Crippen LogP contribution in [0.1, 0.15) is 16.7 Å². The summed E-state index contributed by atoms with van der Waals surface area (Å²) < 4.78 is 14.4. The predicted octanol–water partition coefficient (Wildman–Crippen LogP) is 3.79. The van der Waals surface area contributed by atoms with Crippen LogP contribution in [-0.2, 0) is 6.54 Å². The molecule has 0 bridgehead atoms. The van der Waals surface area contributed by atoms with E-state index in [4.69, 9.17) is 5.73 Å². The van der Waals surface area contributed by atoms with Gasteiger partial charge in [0.2, 0.25) is 0 Å². The average Bonchev–Trinajstić information content (AvgIpc) is 2.35. The zero-order valence-corrected chi connectivity index (χ0v) is 12.4. The molecule has 0 aliphatic heterocycles. The molecule has 0 unspecified atom stereocenters. The van der Waals surface area contributed by atoms with Gasteiger partial charge in [-0.15, -0.1) is 0 Å². The molecule has 0 aliphatic rings. The Hall–Kier alpha value is -1.62. The molecule has 3 N–H and O–H groups in total. The van der Waals surface area contributed by atoms with Gasteiger partial charge in [-0.2, -0.15) is 0 Å². The van der Waals surface area contributed by atoms with E-state index < -0.39 is 0 Å². The van der Waals surface area contributed by atoms with Crippen LogP contribution in [0.2, 0.25) is 0 Å². The number of aromatic nitrogens is 1. The van der Waals surface area contributed by atoms with E-state index in [-0.39, 0.29) is 5.82 Å². The maximum absolute atomic E-state index is 13.5. The first-order valence-electron chi connectivity index (χ1n) is 5.87. The molecule has 0 saturated carbocycles. The van der Waals surface area contributed by atoms with Crippen molar-refractivity contribution < 1.29 is 4.39 Å². The Labute approximate surface area is 120 Å². The predicted molar refractivity (Wildman–Crippen MR) is 79.6 cm³/mol. The highest BCUT2D eigenvalue weighted by atomic mass is 79.9. The van der Waals surface area contributed by atoms with Crippen molar-refractivity contribution in [1.29, 1.82) is 0 Å². The number of aryl methyl sites for hydroxylation is 2. The van der Waals surface area contributed by atoms with Crippen LogP contribution in [-0.4, -0.2) is 4.98 Å². The standard InChI is InChI=1S/C14H15BrFN3/c1-8-3-10(4-9(2)13(8)16)5-19-14-11(15)6-18-7-12(14)17/h3-4,6-7H,5,17H2,1-2H3,(H,18,19). The highest BCUT2D eigenvalue weighted by Gasteiger charge is 2.07. The van der Waals surface area contributed by atoms with Gasteiger partial charge in [-0.25, -0.2) is 4.39 Å². The lowest BCUT2D eigenvalue weighted by Crippen LogP contribution is -2.05. The third-order valence-electron chi connectivity index (χ3n) is 2.89. The van der Waals surface area contributed by atoms with E-state index in [1.54, 1.807) is 26.2 Å². The molecule has 0 radical (unpaired) electrons. The van der Waals surface area contributed by atoms with Crippen molar-refractivity contribution in [1.82, 2.24) is 4.98 Å². The molecule has 1 aromatic heterocycles. The van der Waals surface area contributed by atoms with Gasteiger partial charge in [-0.05, 0) is 46.5 Å². The number of hydrogen-bond acceptors (Lipinski definition) is 3. The Morgan fingerprint density at radius 2 is 1.89 bits per heavy atom. The van der Waals surface area contributed by atoms with Gasteiger partial charge < -0.3 is 11.1 Å². The van der Waals surface area contributed by atoms with Crippen LogP contribution in [0.25, 0.3) is 0 Å². The Bertz CT molecular complexity index is 570.